The van der Waals surface area contributed by atoms with Gasteiger partial charge in [-0.15, -0.1) is 0 Å². The van der Waals surface area contributed by atoms with Crippen LogP contribution in [0.2, 0.25) is 0 Å². The molecule has 0 atom stereocenters. The van der Waals surface area contributed by atoms with Crippen molar-refractivity contribution in [2.24, 2.45) is 0 Å². The van der Waals surface area contributed by atoms with Gasteiger partial charge in [0.05, 0.1) is 6.54 Å². The normalized spacial score (nSPS) is 10.0. The first-order valence-corrected chi connectivity index (χ1v) is 4.19. The molecule has 0 amide bonds. The monoisotopic (exact) mass is 180 g/mol. The van der Waals surface area contributed by atoms with Gasteiger partial charge < -0.3 is 0 Å². The molecular weight excluding hydrogens is 168 g/mol. The Morgan fingerprint density at radius 3 is 2.85 bits per heavy atom. The maximum atomic E-state index is 11.2. The minimum atomic E-state index is -0.359. The molecule has 0 aliphatic carbocycles. The van der Waals surface area contributed by atoms with Crippen LogP contribution in [0.15, 0.2) is 17.1 Å². The molecule has 0 saturated carbocycles. The Hall–Kier alpha value is -1.45. The minimum absolute atomic E-state index is 0.0350. The fourth-order valence-corrected chi connectivity index (χ4v) is 0.936. The van der Waals surface area contributed by atoms with Crippen LogP contribution in [-0.2, 0) is 11.3 Å². The van der Waals surface area contributed by atoms with Crippen molar-refractivity contribution in [3.63, 3.8) is 0 Å². The number of Topliss-reactive ketones (excluding diaryl/α,β-unsaturated/α-hetero) is 1. The lowest BCUT2D eigenvalue weighted by Crippen LogP contribution is -2.25. The van der Waals surface area contributed by atoms with Gasteiger partial charge in [-0.05, 0) is 13.0 Å². The van der Waals surface area contributed by atoms with Crippen molar-refractivity contribution in [1.82, 2.24) is 9.55 Å². The number of hydrogen-bond donors (Lipinski definition) is 0. The van der Waals surface area contributed by atoms with Gasteiger partial charge in [-0.3, -0.25) is 9.36 Å². The largest absolute Gasteiger partial charge is 0.348 e. The highest BCUT2D eigenvalue weighted by Gasteiger charge is 2.02. The van der Waals surface area contributed by atoms with Gasteiger partial charge >= 0.3 is 5.69 Å². The zero-order valence-corrected chi connectivity index (χ0v) is 7.78. The first kappa shape index (κ1) is 9.64. The number of hydrogen-bond acceptors (Lipinski definition) is 3. The average Bonchev–Trinajstić information content (AvgIpc) is 2.09. The molecule has 0 bridgehead atoms. The van der Waals surface area contributed by atoms with Crippen LogP contribution in [0.4, 0.5) is 0 Å². The first-order chi connectivity index (χ1) is 6.13. The highest BCUT2D eigenvalue weighted by molar-refractivity contribution is 5.77. The predicted octanol–water partition coefficient (Wildman–Crippen LogP) is 0.531. The van der Waals surface area contributed by atoms with Gasteiger partial charge in [-0.1, -0.05) is 6.92 Å². The van der Waals surface area contributed by atoms with Crippen LogP contribution in [0.5, 0.6) is 0 Å². The maximum Gasteiger partial charge on any atom is 0.348 e. The summed E-state index contributed by atoms with van der Waals surface area (Å²) in [6, 6.07) is 1.71. The molecule has 13 heavy (non-hydrogen) atoms. The highest BCUT2D eigenvalue weighted by Crippen LogP contribution is 1.89. The van der Waals surface area contributed by atoms with Crippen LogP contribution < -0.4 is 5.69 Å². The quantitative estimate of drug-likeness (QED) is 0.681. The molecule has 0 spiro atoms. The summed E-state index contributed by atoms with van der Waals surface area (Å²) in [6.45, 7) is 3.64. The molecule has 0 unspecified atom stereocenters. The van der Waals surface area contributed by atoms with E-state index < -0.39 is 0 Å². The third kappa shape index (κ3) is 2.50. The van der Waals surface area contributed by atoms with Gasteiger partial charge in [-0.25, -0.2) is 4.79 Å². The Bertz CT molecular complexity index is 368. The number of carbonyl (C=O) groups excluding carboxylic acids is 1. The van der Waals surface area contributed by atoms with Gasteiger partial charge in [0.2, 0.25) is 0 Å². The van der Waals surface area contributed by atoms with E-state index in [-0.39, 0.29) is 18.0 Å². The first-order valence-electron chi connectivity index (χ1n) is 4.19. The molecule has 0 aliphatic heterocycles. The molecule has 4 nitrogen and oxygen atoms in total. The van der Waals surface area contributed by atoms with Gasteiger partial charge in [0, 0.05) is 18.3 Å². The highest BCUT2D eigenvalue weighted by atomic mass is 16.2. The second kappa shape index (κ2) is 3.98. The second-order valence-corrected chi connectivity index (χ2v) is 2.87. The molecular formula is C9H12N2O2. The minimum Gasteiger partial charge on any atom is -0.298 e. The van der Waals surface area contributed by atoms with Gasteiger partial charge in [0.25, 0.3) is 0 Å². The Morgan fingerprint density at radius 1 is 1.62 bits per heavy atom. The predicted molar refractivity (Wildman–Crippen MR) is 48.5 cm³/mol. The van der Waals surface area contributed by atoms with E-state index >= 15 is 0 Å². The van der Waals surface area contributed by atoms with Crippen molar-refractivity contribution >= 4 is 5.78 Å². The van der Waals surface area contributed by atoms with Crippen LogP contribution in [-0.4, -0.2) is 15.3 Å². The van der Waals surface area contributed by atoms with E-state index in [4.69, 9.17) is 0 Å². The zero-order chi connectivity index (χ0) is 9.84. The summed E-state index contributed by atoms with van der Waals surface area (Å²) in [5.74, 6) is 0.0350. The van der Waals surface area contributed by atoms with E-state index in [0.29, 0.717) is 12.1 Å². The van der Waals surface area contributed by atoms with Crippen molar-refractivity contribution < 1.29 is 4.79 Å². The van der Waals surface area contributed by atoms with Crippen LogP contribution in [0, 0.1) is 6.92 Å². The molecule has 0 fully saturated rings. The van der Waals surface area contributed by atoms with E-state index in [1.807, 2.05) is 0 Å². The number of rotatable bonds is 3. The fourth-order valence-electron chi connectivity index (χ4n) is 0.936. The number of aryl methyl sites for hydroxylation is 1. The van der Waals surface area contributed by atoms with Crippen LogP contribution in [0.3, 0.4) is 0 Å². The summed E-state index contributed by atoms with van der Waals surface area (Å²) in [5, 5.41) is 0. The summed E-state index contributed by atoms with van der Waals surface area (Å²) in [6.07, 6.45) is 2.04. The molecule has 0 N–H and O–H groups in total. The fraction of sp³-hybridized carbons (Fsp3) is 0.444. The van der Waals surface area contributed by atoms with E-state index in [0.717, 1.165) is 0 Å². The van der Waals surface area contributed by atoms with Crippen molar-refractivity contribution in [3.8, 4) is 0 Å². The third-order valence-corrected chi connectivity index (χ3v) is 1.75. The van der Waals surface area contributed by atoms with Gasteiger partial charge in [-0.2, -0.15) is 4.98 Å². The number of carbonyl (C=O) groups is 1. The Balaban J connectivity index is 2.90. The lowest BCUT2D eigenvalue weighted by molar-refractivity contribution is -0.119. The average molecular weight is 180 g/mol. The molecule has 1 rings (SSSR count). The Morgan fingerprint density at radius 2 is 2.31 bits per heavy atom. The smallest absolute Gasteiger partial charge is 0.298 e. The Labute approximate surface area is 76.2 Å². The van der Waals surface area contributed by atoms with Crippen molar-refractivity contribution in [2.75, 3.05) is 0 Å². The number of ketones is 1. The third-order valence-electron chi connectivity index (χ3n) is 1.75. The Kier molecular flexibility index (Phi) is 2.95. The summed E-state index contributed by atoms with van der Waals surface area (Å²) in [7, 11) is 0. The van der Waals surface area contributed by atoms with Crippen molar-refractivity contribution in [3.05, 3.63) is 28.4 Å². The standard InChI is InChI=1S/C9H12N2O2/c1-3-8(12)6-11-5-4-7(2)10-9(11)13/h4-5H,3,6H2,1-2H3. The molecule has 0 aliphatic rings. The van der Waals surface area contributed by atoms with Crippen molar-refractivity contribution in [2.45, 2.75) is 26.8 Å². The zero-order valence-electron chi connectivity index (χ0n) is 7.78. The molecule has 70 valence electrons. The summed E-state index contributed by atoms with van der Waals surface area (Å²) in [4.78, 5) is 25.9. The SMILES string of the molecule is CCC(=O)Cn1ccc(C)nc1=O. The van der Waals surface area contributed by atoms with E-state index in [9.17, 15) is 9.59 Å². The summed E-state index contributed by atoms with van der Waals surface area (Å²) in [5.41, 5.74) is 0.312. The topological polar surface area (TPSA) is 52.0 Å². The van der Waals surface area contributed by atoms with Crippen LogP contribution >= 0.6 is 0 Å². The molecule has 0 radical (unpaired) electrons. The van der Waals surface area contributed by atoms with Gasteiger partial charge in [0.1, 0.15) is 0 Å². The maximum absolute atomic E-state index is 11.2. The van der Waals surface area contributed by atoms with E-state index in [2.05, 4.69) is 4.98 Å². The summed E-state index contributed by atoms with van der Waals surface area (Å²) >= 11 is 0. The molecule has 0 aromatic carbocycles. The van der Waals surface area contributed by atoms with Crippen molar-refractivity contribution in [1.29, 1.82) is 0 Å². The molecule has 4 heteroatoms. The molecule has 1 aromatic heterocycles. The van der Waals surface area contributed by atoms with E-state index in [1.165, 1.54) is 4.57 Å². The lowest BCUT2D eigenvalue weighted by Gasteiger charge is -2.01. The van der Waals surface area contributed by atoms with E-state index in [1.54, 1.807) is 26.1 Å². The second-order valence-electron chi connectivity index (χ2n) is 2.87. The number of nitrogens with zero attached hydrogens (tertiary/aromatic N) is 2. The summed E-state index contributed by atoms with van der Waals surface area (Å²) < 4.78 is 1.32. The molecule has 1 heterocycles. The number of aromatic nitrogens is 2. The molecule has 1 aromatic rings. The van der Waals surface area contributed by atoms with Crippen LogP contribution in [0.25, 0.3) is 0 Å². The lowest BCUT2D eigenvalue weighted by atomic mass is 10.3. The molecule has 0 saturated heterocycles. The van der Waals surface area contributed by atoms with Crippen LogP contribution in [0.1, 0.15) is 19.0 Å². The van der Waals surface area contributed by atoms with Gasteiger partial charge in [0.15, 0.2) is 5.78 Å².